The van der Waals surface area contributed by atoms with Gasteiger partial charge in [0.05, 0.1) is 26.9 Å². The maximum atomic E-state index is 12.3. The molecular formula is C15H21NO3. The van der Waals surface area contributed by atoms with Gasteiger partial charge in [-0.25, -0.2) is 0 Å². The third kappa shape index (κ3) is 3.55. The first-order chi connectivity index (χ1) is 9.24. The van der Waals surface area contributed by atoms with Gasteiger partial charge in [0.2, 0.25) is 0 Å². The molecule has 0 amide bonds. The lowest BCUT2D eigenvalue weighted by Crippen LogP contribution is -2.47. The lowest BCUT2D eigenvalue weighted by atomic mass is 10.1. The number of carbonyl (C=O) groups is 1. The highest BCUT2D eigenvalue weighted by Gasteiger charge is 2.23. The van der Waals surface area contributed by atoms with Crippen LogP contribution in [-0.4, -0.2) is 50.1 Å². The molecule has 2 rings (SSSR count). The molecule has 4 heteroatoms. The average Bonchev–Trinajstić information content (AvgIpc) is 2.48. The van der Waals surface area contributed by atoms with Crippen molar-refractivity contribution in [2.75, 3.05) is 33.4 Å². The van der Waals surface area contributed by atoms with E-state index >= 15 is 0 Å². The van der Waals surface area contributed by atoms with Gasteiger partial charge >= 0.3 is 0 Å². The van der Waals surface area contributed by atoms with E-state index in [0.717, 1.165) is 30.9 Å². The van der Waals surface area contributed by atoms with E-state index in [0.29, 0.717) is 19.2 Å². The van der Waals surface area contributed by atoms with Crippen LogP contribution in [0.15, 0.2) is 24.3 Å². The molecule has 19 heavy (non-hydrogen) atoms. The molecule has 4 nitrogen and oxygen atoms in total. The Morgan fingerprint density at radius 3 is 2.79 bits per heavy atom. The van der Waals surface area contributed by atoms with E-state index in [4.69, 9.17) is 9.47 Å². The molecule has 104 valence electrons. The van der Waals surface area contributed by atoms with Crippen LogP contribution < -0.4 is 4.74 Å². The Balaban J connectivity index is 1.98. The van der Waals surface area contributed by atoms with Gasteiger partial charge in [-0.1, -0.05) is 6.92 Å². The molecule has 1 aliphatic rings. The van der Waals surface area contributed by atoms with Gasteiger partial charge in [0.15, 0.2) is 5.78 Å². The van der Waals surface area contributed by atoms with E-state index in [2.05, 4.69) is 11.8 Å². The van der Waals surface area contributed by atoms with Gasteiger partial charge in [-0.05, 0) is 30.7 Å². The highest BCUT2D eigenvalue weighted by atomic mass is 16.5. The molecule has 1 aromatic carbocycles. The molecule has 0 bridgehead atoms. The van der Waals surface area contributed by atoms with Crippen LogP contribution in [-0.2, 0) is 4.74 Å². The molecular weight excluding hydrogens is 242 g/mol. The first kappa shape index (κ1) is 14.0. The van der Waals surface area contributed by atoms with Gasteiger partial charge in [-0.15, -0.1) is 0 Å². The highest BCUT2D eigenvalue weighted by Crippen LogP contribution is 2.14. The Kier molecular flexibility index (Phi) is 4.93. The van der Waals surface area contributed by atoms with E-state index < -0.39 is 0 Å². The topological polar surface area (TPSA) is 38.8 Å². The van der Waals surface area contributed by atoms with Crippen molar-refractivity contribution < 1.29 is 14.3 Å². The van der Waals surface area contributed by atoms with Gasteiger partial charge < -0.3 is 9.47 Å². The van der Waals surface area contributed by atoms with Gasteiger partial charge in [-0.3, -0.25) is 9.69 Å². The maximum Gasteiger partial charge on any atom is 0.176 e. The first-order valence-electron chi connectivity index (χ1n) is 6.73. The Bertz CT molecular complexity index is 416. The Morgan fingerprint density at radius 2 is 2.16 bits per heavy atom. The smallest absolute Gasteiger partial charge is 0.176 e. The van der Waals surface area contributed by atoms with Crippen LogP contribution >= 0.6 is 0 Å². The lowest BCUT2D eigenvalue weighted by molar-refractivity contribution is -0.00585. The van der Waals surface area contributed by atoms with Crippen LogP contribution in [0.4, 0.5) is 0 Å². The summed E-state index contributed by atoms with van der Waals surface area (Å²) >= 11 is 0. The zero-order valence-electron chi connectivity index (χ0n) is 11.6. The number of hydrogen-bond donors (Lipinski definition) is 0. The van der Waals surface area contributed by atoms with Gasteiger partial charge in [0.25, 0.3) is 0 Å². The fraction of sp³-hybridized carbons (Fsp3) is 0.533. The summed E-state index contributed by atoms with van der Waals surface area (Å²) in [6, 6.07) is 7.65. The molecule has 0 saturated carbocycles. The highest BCUT2D eigenvalue weighted by molar-refractivity contribution is 5.97. The summed E-state index contributed by atoms with van der Waals surface area (Å²) in [5.41, 5.74) is 0.738. The molecule has 0 aliphatic carbocycles. The zero-order chi connectivity index (χ0) is 13.7. The second kappa shape index (κ2) is 6.68. The minimum atomic E-state index is 0.156. The number of benzene rings is 1. The summed E-state index contributed by atoms with van der Waals surface area (Å²) in [5, 5.41) is 0. The number of morpholine rings is 1. The molecule has 1 aromatic rings. The van der Waals surface area contributed by atoms with E-state index in [1.54, 1.807) is 7.11 Å². The van der Waals surface area contributed by atoms with Crippen LogP contribution in [0, 0.1) is 0 Å². The maximum absolute atomic E-state index is 12.3. The number of rotatable bonds is 5. The first-order valence-corrected chi connectivity index (χ1v) is 6.73. The quantitative estimate of drug-likeness (QED) is 0.762. The monoisotopic (exact) mass is 263 g/mol. The molecule has 1 atom stereocenters. The van der Waals surface area contributed by atoms with Crippen molar-refractivity contribution in [1.29, 1.82) is 0 Å². The Hall–Kier alpha value is -1.39. The van der Waals surface area contributed by atoms with Gasteiger partial charge in [0, 0.05) is 18.2 Å². The van der Waals surface area contributed by atoms with Crippen molar-refractivity contribution in [3.63, 3.8) is 0 Å². The van der Waals surface area contributed by atoms with Crippen LogP contribution in [0.2, 0.25) is 0 Å². The molecule has 0 aromatic heterocycles. The number of ketones is 1. The minimum Gasteiger partial charge on any atom is -0.497 e. The third-order valence-corrected chi connectivity index (χ3v) is 3.58. The second-order valence-electron chi connectivity index (χ2n) is 4.76. The van der Waals surface area contributed by atoms with Crippen LogP contribution in [0.3, 0.4) is 0 Å². The number of methoxy groups -OCH3 is 1. The van der Waals surface area contributed by atoms with Crippen molar-refractivity contribution in [1.82, 2.24) is 4.90 Å². The number of nitrogens with zero attached hydrogens (tertiary/aromatic N) is 1. The van der Waals surface area contributed by atoms with Crippen molar-refractivity contribution in [3.8, 4) is 5.75 Å². The normalized spacial score (nSPS) is 20.2. The summed E-state index contributed by atoms with van der Waals surface area (Å²) in [5.74, 6) is 0.928. The molecule has 1 aliphatic heterocycles. The average molecular weight is 263 g/mol. The number of hydrogen-bond acceptors (Lipinski definition) is 4. The summed E-state index contributed by atoms with van der Waals surface area (Å²) < 4.78 is 10.5. The number of ether oxygens (including phenoxy) is 2. The second-order valence-corrected chi connectivity index (χ2v) is 4.76. The van der Waals surface area contributed by atoms with E-state index in [-0.39, 0.29) is 5.78 Å². The number of carbonyl (C=O) groups excluding carboxylic acids is 1. The van der Waals surface area contributed by atoms with Gasteiger partial charge in [-0.2, -0.15) is 0 Å². The fourth-order valence-electron chi connectivity index (χ4n) is 2.33. The van der Waals surface area contributed by atoms with Crippen LogP contribution in [0.1, 0.15) is 23.7 Å². The van der Waals surface area contributed by atoms with Crippen molar-refractivity contribution >= 4 is 5.78 Å². The summed E-state index contributed by atoms with van der Waals surface area (Å²) in [6.07, 6.45) is 1.01. The standard InChI is InChI=1S/C15H21NO3/c1-3-13-11-19-9-8-16(13)10-15(17)12-4-6-14(18-2)7-5-12/h4-7,13H,3,8-11H2,1-2H3. The molecule has 0 spiro atoms. The molecule has 1 heterocycles. The van der Waals surface area contributed by atoms with Crippen molar-refractivity contribution in [2.24, 2.45) is 0 Å². The minimum absolute atomic E-state index is 0.156. The molecule has 1 fully saturated rings. The predicted molar refractivity (Wildman–Crippen MR) is 73.8 cm³/mol. The zero-order valence-corrected chi connectivity index (χ0v) is 11.6. The van der Waals surface area contributed by atoms with Crippen LogP contribution in [0.25, 0.3) is 0 Å². The predicted octanol–water partition coefficient (Wildman–Crippen LogP) is 1.99. The van der Waals surface area contributed by atoms with Crippen molar-refractivity contribution in [2.45, 2.75) is 19.4 Å². The SMILES string of the molecule is CCC1COCCN1CC(=O)c1ccc(OC)cc1. The molecule has 0 radical (unpaired) electrons. The van der Waals surface area contributed by atoms with E-state index in [1.807, 2.05) is 24.3 Å². The Morgan fingerprint density at radius 1 is 1.42 bits per heavy atom. The van der Waals surface area contributed by atoms with Crippen LogP contribution in [0.5, 0.6) is 5.75 Å². The largest absolute Gasteiger partial charge is 0.497 e. The number of Topliss-reactive ketones (excluding diaryl/α,β-unsaturated/α-hetero) is 1. The fourth-order valence-corrected chi connectivity index (χ4v) is 2.33. The van der Waals surface area contributed by atoms with E-state index in [9.17, 15) is 4.79 Å². The summed E-state index contributed by atoms with van der Waals surface area (Å²) in [7, 11) is 1.62. The summed E-state index contributed by atoms with van der Waals surface area (Å²) in [4.78, 5) is 14.5. The molecule has 0 N–H and O–H groups in total. The Labute approximate surface area is 114 Å². The lowest BCUT2D eigenvalue weighted by Gasteiger charge is -2.34. The third-order valence-electron chi connectivity index (χ3n) is 3.58. The molecule has 1 unspecified atom stereocenters. The molecule has 1 saturated heterocycles. The van der Waals surface area contributed by atoms with Crippen molar-refractivity contribution in [3.05, 3.63) is 29.8 Å². The van der Waals surface area contributed by atoms with Gasteiger partial charge in [0.1, 0.15) is 5.75 Å². The van der Waals surface area contributed by atoms with E-state index in [1.165, 1.54) is 0 Å². The summed E-state index contributed by atoms with van der Waals surface area (Å²) in [6.45, 7) is 4.87.